The van der Waals surface area contributed by atoms with Crippen LogP contribution in [0.1, 0.15) is 92.6 Å². The fourth-order valence-corrected chi connectivity index (χ4v) is 7.37. The lowest BCUT2D eigenvalue weighted by Crippen LogP contribution is -2.56. The van der Waals surface area contributed by atoms with Crippen molar-refractivity contribution < 1.29 is 56.2 Å². The minimum atomic E-state index is -4.66. The van der Waals surface area contributed by atoms with Crippen molar-refractivity contribution in [1.29, 1.82) is 0 Å². The molecule has 0 fully saturated rings. The van der Waals surface area contributed by atoms with Gasteiger partial charge in [-0.25, -0.2) is 4.79 Å². The molecule has 1 aromatic rings. The number of hydrogen-bond donors (Lipinski definition) is 4. The van der Waals surface area contributed by atoms with Crippen LogP contribution in [0.25, 0.3) is 0 Å². The van der Waals surface area contributed by atoms with Crippen molar-refractivity contribution in [2.24, 2.45) is 17.8 Å². The van der Waals surface area contributed by atoms with E-state index in [-0.39, 0.29) is 62.4 Å². The van der Waals surface area contributed by atoms with E-state index in [1.54, 1.807) is 58.9 Å². The fraction of sp³-hybridized carbons (Fsp3) is 0.659. The van der Waals surface area contributed by atoms with Gasteiger partial charge in [-0.2, -0.15) is 13.2 Å². The number of rotatable bonds is 26. The van der Waals surface area contributed by atoms with Crippen LogP contribution in [0.5, 0.6) is 0 Å². The molecule has 0 saturated carbocycles. The van der Waals surface area contributed by atoms with Crippen molar-refractivity contribution in [1.82, 2.24) is 30.7 Å². The number of carbonyl (C=O) groups excluding carboxylic acids is 7. The highest BCUT2D eigenvalue weighted by Gasteiger charge is 2.42. The summed E-state index contributed by atoms with van der Waals surface area (Å²) in [6.07, 6.45) is -1.33. The Morgan fingerprint density at radius 1 is 0.794 bits per heavy atom. The standard InChI is InChI=1S/C44H68F3N7O9/c1-11-29(7)40(32(12-2)62-10)52(8)37(58)25-49-42(60)39(28(5)6)53(9)43(61)63-26-30-17-19-31(20-18-30)50-34(55)24-48-41(59)38(27(3)4)51-33(44(45,46)47)16-14-13-15-23-54-35(56)21-22-36(54)57/h17-22,27-29,32-33,38-40,51H,11-16,23-26H2,1-10H3,(H,48,59)(H,49,60)(H,50,55). The zero-order valence-electron chi connectivity index (χ0n) is 38.3. The van der Waals surface area contributed by atoms with Gasteiger partial charge in [0.15, 0.2) is 0 Å². The predicted octanol–water partition coefficient (Wildman–Crippen LogP) is 4.78. The van der Waals surface area contributed by atoms with Gasteiger partial charge >= 0.3 is 12.3 Å². The first-order valence-corrected chi connectivity index (χ1v) is 21.6. The molecule has 1 aromatic carbocycles. The van der Waals surface area contributed by atoms with E-state index < -0.39 is 72.4 Å². The Labute approximate surface area is 369 Å². The largest absolute Gasteiger partial charge is 0.445 e. The topological polar surface area (TPSA) is 196 Å². The molecule has 4 N–H and O–H groups in total. The van der Waals surface area contributed by atoms with Gasteiger partial charge in [-0.1, -0.05) is 79.9 Å². The minimum Gasteiger partial charge on any atom is -0.445 e. The van der Waals surface area contributed by atoms with Gasteiger partial charge in [0, 0.05) is 45.6 Å². The van der Waals surface area contributed by atoms with Crippen LogP contribution in [0.2, 0.25) is 0 Å². The van der Waals surface area contributed by atoms with Crippen LogP contribution in [-0.4, -0.2) is 134 Å². The van der Waals surface area contributed by atoms with E-state index in [1.807, 2.05) is 20.8 Å². The third-order valence-corrected chi connectivity index (χ3v) is 11.2. The van der Waals surface area contributed by atoms with E-state index in [2.05, 4.69) is 21.3 Å². The monoisotopic (exact) mass is 896 g/mol. The van der Waals surface area contributed by atoms with Crippen molar-refractivity contribution in [2.75, 3.05) is 46.2 Å². The molecule has 1 aliphatic heterocycles. The van der Waals surface area contributed by atoms with Crippen LogP contribution in [0.15, 0.2) is 36.4 Å². The summed E-state index contributed by atoms with van der Waals surface area (Å²) >= 11 is 0. The number of benzene rings is 1. The number of nitrogens with zero attached hydrogens (tertiary/aromatic N) is 3. The normalized spacial score (nSPS) is 15.7. The first-order valence-electron chi connectivity index (χ1n) is 21.6. The fourth-order valence-electron chi connectivity index (χ4n) is 7.37. The molecule has 1 heterocycles. The molecule has 0 radical (unpaired) electrons. The van der Waals surface area contributed by atoms with Gasteiger partial charge in [0.2, 0.25) is 23.6 Å². The number of anilines is 1. The van der Waals surface area contributed by atoms with Crippen LogP contribution in [-0.2, 0) is 44.8 Å². The molecule has 6 atom stereocenters. The average molecular weight is 896 g/mol. The number of amides is 7. The molecule has 354 valence electrons. The highest BCUT2D eigenvalue weighted by Crippen LogP contribution is 2.26. The summed E-state index contributed by atoms with van der Waals surface area (Å²) in [5.74, 6) is -3.86. The number of ether oxygens (including phenoxy) is 2. The van der Waals surface area contributed by atoms with Gasteiger partial charge in [0.25, 0.3) is 11.8 Å². The van der Waals surface area contributed by atoms with E-state index in [0.29, 0.717) is 30.5 Å². The predicted molar refractivity (Wildman–Crippen MR) is 231 cm³/mol. The zero-order valence-corrected chi connectivity index (χ0v) is 38.3. The van der Waals surface area contributed by atoms with Crippen LogP contribution >= 0.6 is 0 Å². The molecular weight excluding hydrogens is 828 g/mol. The van der Waals surface area contributed by atoms with Crippen molar-refractivity contribution in [3.8, 4) is 0 Å². The smallest absolute Gasteiger partial charge is 0.410 e. The summed E-state index contributed by atoms with van der Waals surface area (Å²) in [6, 6.07) is 1.86. The minimum absolute atomic E-state index is 0.105. The van der Waals surface area contributed by atoms with Gasteiger partial charge in [0.1, 0.15) is 18.7 Å². The lowest BCUT2D eigenvalue weighted by Gasteiger charge is -2.37. The Balaban J connectivity index is 1.88. The summed E-state index contributed by atoms with van der Waals surface area (Å²) in [5, 5.41) is 10.1. The number of nitrogens with one attached hydrogen (secondary N) is 4. The van der Waals surface area contributed by atoms with E-state index in [0.717, 1.165) is 23.5 Å². The van der Waals surface area contributed by atoms with Crippen LogP contribution in [0, 0.1) is 17.8 Å². The Hall–Kier alpha value is -5.04. The van der Waals surface area contributed by atoms with Crippen LogP contribution < -0.4 is 21.3 Å². The molecule has 0 saturated heterocycles. The lowest BCUT2D eigenvalue weighted by molar-refractivity contribution is -0.161. The van der Waals surface area contributed by atoms with Gasteiger partial charge < -0.3 is 30.3 Å². The van der Waals surface area contributed by atoms with E-state index in [1.165, 1.54) is 24.1 Å². The van der Waals surface area contributed by atoms with Crippen molar-refractivity contribution in [2.45, 2.75) is 130 Å². The first kappa shape index (κ1) is 54.1. The quantitative estimate of drug-likeness (QED) is 0.0743. The molecule has 0 aliphatic carbocycles. The highest BCUT2D eigenvalue weighted by molar-refractivity contribution is 6.12. The SMILES string of the molecule is CCC(C)C(C(CC)OC)N(C)C(=O)CNC(=O)C(C(C)C)N(C)C(=O)OCc1ccc(NC(=O)CNC(=O)C(NC(CCCCCN2C(=O)C=CC2=O)C(F)(F)F)C(C)C)cc1. The zero-order chi connectivity index (χ0) is 47.6. The van der Waals surface area contributed by atoms with E-state index in [9.17, 15) is 46.7 Å². The summed E-state index contributed by atoms with van der Waals surface area (Å²) in [5.41, 5.74) is 0.894. The van der Waals surface area contributed by atoms with Gasteiger partial charge in [-0.3, -0.25) is 43.9 Å². The molecule has 0 bridgehead atoms. The molecule has 0 aromatic heterocycles. The summed E-state index contributed by atoms with van der Waals surface area (Å²) in [4.78, 5) is 92.5. The van der Waals surface area contributed by atoms with E-state index in [4.69, 9.17) is 9.47 Å². The summed E-state index contributed by atoms with van der Waals surface area (Å²) < 4.78 is 53.1. The number of hydrogen-bond acceptors (Lipinski definition) is 10. The third kappa shape index (κ3) is 16.9. The van der Waals surface area contributed by atoms with Crippen molar-refractivity contribution >= 4 is 47.2 Å². The van der Waals surface area contributed by atoms with Crippen molar-refractivity contribution in [3.05, 3.63) is 42.0 Å². The number of likely N-dealkylation sites (N-methyl/N-ethyl adjacent to an activating group) is 2. The molecule has 16 nitrogen and oxygen atoms in total. The Kier molecular flexibility index (Phi) is 22.3. The number of methoxy groups -OCH3 is 1. The molecule has 63 heavy (non-hydrogen) atoms. The van der Waals surface area contributed by atoms with Gasteiger partial charge in [-0.15, -0.1) is 0 Å². The van der Waals surface area contributed by atoms with Crippen LogP contribution in [0.4, 0.5) is 23.7 Å². The number of halogens is 3. The number of imide groups is 1. The second-order valence-corrected chi connectivity index (χ2v) is 16.6. The molecular formula is C44H68F3N7O9. The average Bonchev–Trinajstić information content (AvgIpc) is 3.55. The van der Waals surface area contributed by atoms with Crippen LogP contribution in [0.3, 0.4) is 0 Å². The number of alkyl halides is 3. The molecule has 1 aliphatic rings. The summed E-state index contributed by atoms with van der Waals surface area (Å²) in [7, 11) is 4.74. The molecule has 0 spiro atoms. The second kappa shape index (κ2) is 25.9. The highest BCUT2D eigenvalue weighted by atomic mass is 19.4. The maximum absolute atomic E-state index is 14.0. The van der Waals surface area contributed by atoms with Gasteiger partial charge in [-0.05, 0) is 54.7 Å². The Bertz CT molecular complexity index is 1700. The molecule has 2 rings (SSSR count). The number of unbranched alkanes of at least 4 members (excludes halogenated alkanes) is 2. The molecule has 19 heteroatoms. The lowest BCUT2D eigenvalue weighted by atomic mass is 9.91. The Morgan fingerprint density at radius 3 is 1.92 bits per heavy atom. The number of carbonyl (C=O) groups is 7. The maximum Gasteiger partial charge on any atom is 0.410 e. The van der Waals surface area contributed by atoms with Crippen molar-refractivity contribution in [3.63, 3.8) is 0 Å². The molecule has 6 unspecified atom stereocenters. The van der Waals surface area contributed by atoms with E-state index >= 15 is 0 Å². The Morgan fingerprint density at radius 2 is 1.40 bits per heavy atom. The molecule has 7 amide bonds. The van der Waals surface area contributed by atoms with Gasteiger partial charge in [0.05, 0.1) is 31.3 Å². The first-order chi connectivity index (χ1) is 29.6. The third-order valence-electron chi connectivity index (χ3n) is 11.2. The summed E-state index contributed by atoms with van der Waals surface area (Å²) in [6.45, 7) is 11.9. The maximum atomic E-state index is 14.0. The second-order valence-electron chi connectivity index (χ2n) is 16.6.